The summed E-state index contributed by atoms with van der Waals surface area (Å²) in [6.07, 6.45) is 3.85. The Hall–Kier alpha value is -0.120. The first-order chi connectivity index (χ1) is 7.31. The number of nitrogens with zero attached hydrogens (tertiary/aromatic N) is 1. The fourth-order valence-electron chi connectivity index (χ4n) is 2.55. The van der Waals surface area contributed by atoms with Crippen molar-refractivity contribution < 1.29 is 4.74 Å². The zero-order valence-electron chi connectivity index (χ0n) is 10.5. The average molecular weight is 214 g/mol. The quantitative estimate of drug-likeness (QED) is 0.692. The maximum absolute atomic E-state index is 5.31. The molecular formula is C12H26N2O. The molecule has 0 amide bonds. The van der Waals surface area contributed by atoms with Gasteiger partial charge in [0.15, 0.2) is 0 Å². The van der Waals surface area contributed by atoms with Crippen molar-refractivity contribution in [2.45, 2.75) is 32.2 Å². The summed E-state index contributed by atoms with van der Waals surface area (Å²) in [5.41, 5.74) is 0. The van der Waals surface area contributed by atoms with E-state index in [1.165, 1.54) is 32.4 Å². The number of hydrogen-bond donors (Lipinski definition) is 1. The first-order valence-electron chi connectivity index (χ1n) is 6.19. The molecule has 1 aliphatic rings. The van der Waals surface area contributed by atoms with Crippen LogP contribution in [0.2, 0.25) is 0 Å². The lowest BCUT2D eigenvalue weighted by atomic mass is 10.1. The molecule has 0 aromatic rings. The van der Waals surface area contributed by atoms with Gasteiger partial charge in [-0.1, -0.05) is 13.3 Å². The Balaban J connectivity index is 2.34. The summed E-state index contributed by atoms with van der Waals surface area (Å²) in [6.45, 7) is 6.79. The second-order valence-electron chi connectivity index (χ2n) is 4.61. The molecule has 90 valence electrons. The summed E-state index contributed by atoms with van der Waals surface area (Å²) in [6, 6.07) is 0.641. The molecule has 1 heterocycles. The standard InChI is InChI=1S/C12H26N2O/c1-4-5-12(10-15-3)14-7-6-11(9-14)8-13-2/h11-13H,4-10H2,1-3H3. The molecule has 1 saturated heterocycles. The average Bonchev–Trinajstić information content (AvgIpc) is 2.67. The summed E-state index contributed by atoms with van der Waals surface area (Å²) in [7, 11) is 3.85. The van der Waals surface area contributed by atoms with Gasteiger partial charge >= 0.3 is 0 Å². The van der Waals surface area contributed by atoms with Gasteiger partial charge in [0.1, 0.15) is 0 Å². The molecule has 0 spiro atoms. The van der Waals surface area contributed by atoms with Gasteiger partial charge in [0.2, 0.25) is 0 Å². The third kappa shape index (κ3) is 4.09. The van der Waals surface area contributed by atoms with E-state index in [9.17, 15) is 0 Å². The van der Waals surface area contributed by atoms with Crippen LogP contribution >= 0.6 is 0 Å². The Labute approximate surface area is 94.2 Å². The van der Waals surface area contributed by atoms with Crippen molar-refractivity contribution in [1.82, 2.24) is 10.2 Å². The van der Waals surface area contributed by atoms with Crippen molar-refractivity contribution in [3.63, 3.8) is 0 Å². The molecular weight excluding hydrogens is 188 g/mol. The van der Waals surface area contributed by atoms with Crippen LogP contribution in [0.25, 0.3) is 0 Å². The number of likely N-dealkylation sites (tertiary alicyclic amines) is 1. The van der Waals surface area contributed by atoms with Gasteiger partial charge in [0, 0.05) is 19.7 Å². The number of rotatable bonds is 7. The normalized spacial score (nSPS) is 24.6. The van der Waals surface area contributed by atoms with Crippen LogP contribution in [0.5, 0.6) is 0 Å². The van der Waals surface area contributed by atoms with E-state index in [-0.39, 0.29) is 0 Å². The van der Waals surface area contributed by atoms with Crippen LogP contribution in [-0.2, 0) is 4.74 Å². The molecule has 0 aromatic carbocycles. The van der Waals surface area contributed by atoms with E-state index in [0.29, 0.717) is 6.04 Å². The second kappa shape index (κ2) is 7.20. The Morgan fingerprint density at radius 3 is 2.93 bits per heavy atom. The summed E-state index contributed by atoms with van der Waals surface area (Å²) >= 11 is 0. The summed E-state index contributed by atoms with van der Waals surface area (Å²) in [4.78, 5) is 2.61. The van der Waals surface area contributed by atoms with Gasteiger partial charge in [-0.05, 0) is 38.9 Å². The molecule has 1 aliphatic heterocycles. The molecule has 0 aliphatic carbocycles. The predicted molar refractivity (Wildman–Crippen MR) is 64.2 cm³/mol. The lowest BCUT2D eigenvalue weighted by molar-refractivity contribution is 0.0972. The number of nitrogens with one attached hydrogen (secondary N) is 1. The van der Waals surface area contributed by atoms with Crippen molar-refractivity contribution >= 4 is 0 Å². The monoisotopic (exact) mass is 214 g/mol. The molecule has 2 atom stereocenters. The van der Waals surface area contributed by atoms with Crippen LogP contribution in [0, 0.1) is 5.92 Å². The van der Waals surface area contributed by atoms with E-state index in [0.717, 1.165) is 19.1 Å². The topological polar surface area (TPSA) is 24.5 Å². The van der Waals surface area contributed by atoms with Crippen LogP contribution in [0.3, 0.4) is 0 Å². The fourth-order valence-corrected chi connectivity index (χ4v) is 2.55. The van der Waals surface area contributed by atoms with Crippen LogP contribution < -0.4 is 5.32 Å². The van der Waals surface area contributed by atoms with E-state index in [2.05, 4.69) is 17.1 Å². The molecule has 0 saturated carbocycles. The molecule has 1 fully saturated rings. The van der Waals surface area contributed by atoms with Crippen molar-refractivity contribution in [3.05, 3.63) is 0 Å². The van der Waals surface area contributed by atoms with Gasteiger partial charge in [-0.25, -0.2) is 0 Å². The first-order valence-corrected chi connectivity index (χ1v) is 6.19. The molecule has 0 aromatic heterocycles. The Bertz CT molecular complexity index is 158. The maximum atomic E-state index is 5.31. The molecule has 1 rings (SSSR count). The van der Waals surface area contributed by atoms with Crippen molar-refractivity contribution in [2.75, 3.05) is 40.4 Å². The van der Waals surface area contributed by atoms with Crippen LogP contribution in [0.4, 0.5) is 0 Å². The van der Waals surface area contributed by atoms with Crippen molar-refractivity contribution in [1.29, 1.82) is 0 Å². The zero-order chi connectivity index (χ0) is 11.1. The highest BCUT2D eigenvalue weighted by Crippen LogP contribution is 2.20. The molecule has 3 heteroatoms. The Kier molecular flexibility index (Phi) is 6.22. The van der Waals surface area contributed by atoms with Gasteiger partial charge in [-0.15, -0.1) is 0 Å². The summed E-state index contributed by atoms with van der Waals surface area (Å²) in [5.74, 6) is 0.839. The largest absolute Gasteiger partial charge is 0.383 e. The molecule has 2 unspecified atom stereocenters. The molecule has 1 N–H and O–H groups in total. The SMILES string of the molecule is CCCC(COC)N1CCC(CNC)C1. The summed E-state index contributed by atoms with van der Waals surface area (Å²) < 4.78 is 5.31. The number of ether oxygens (including phenoxy) is 1. The lowest BCUT2D eigenvalue weighted by Crippen LogP contribution is -2.37. The van der Waals surface area contributed by atoms with Gasteiger partial charge in [0.05, 0.1) is 6.61 Å². The minimum atomic E-state index is 0.641. The fraction of sp³-hybridized carbons (Fsp3) is 1.00. The number of hydrogen-bond acceptors (Lipinski definition) is 3. The van der Waals surface area contributed by atoms with Gasteiger partial charge < -0.3 is 10.1 Å². The number of methoxy groups -OCH3 is 1. The van der Waals surface area contributed by atoms with Gasteiger partial charge in [-0.3, -0.25) is 4.90 Å². The predicted octanol–water partition coefficient (Wildman–Crippen LogP) is 1.34. The van der Waals surface area contributed by atoms with E-state index in [4.69, 9.17) is 4.74 Å². The third-order valence-corrected chi connectivity index (χ3v) is 3.31. The smallest absolute Gasteiger partial charge is 0.0618 e. The van der Waals surface area contributed by atoms with Crippen LogP contribution in [0.15, 0.2) is 0 Å². The molecule has 15 heavy (non-hydrogen) atoms. The van der Waals surface area contributed by atoms with Gasteiger partial charge in [-0.2, -0.15) is 0 Å². The van der Waals surface area contributed by atoms with E-state index in [1.807, 2.05) is 14.2 Å². The van der Waals surface area contributed by atoms with E-state index >= 15 is 0 Å². The maximum Gasteiger partial charge on any atom is 0.0618 e. The molecule has 0 bridgehead atoms. The summed E-state index contributed by atoms with van der Waals surface area (Å²) in [5, 5.41) is 3.28. The van der Waals surface area contributed by atoms with E-state index < -0.39 is 0 Å². The highest BCUT2D eigenvalue weighted by molar-refractivity contribution is 4.82. The second-order valence-corrected chi connectivity index (χ2v) is 4.61. The minimum Gasteiger partial charge on any atom is -0.383 e. The lowest BCUT2D eigenvalue weighted by Gasteiger charge is -2.27. The Morgan fingerprint density at radius 1 is 1.53 bits per heavy atom. The van der Waals surface area contributed by atoms with Crippen LogP contribution in [0.1, 0.15) is 26.2 Å². The molecule has 3 nitrogen and oxygen atoms in total. The highest BCUT2D eigenvalue weighted by Gasteiger charge is 2.27. The molecule has 0 radical (unpaired) electrons. The first kappa shape index (κ1) is 12.9. The Morgan fingerprint density at radius 2 is 2.33 bits per heavy atom. The third-order valence-electron chi connectivity index (χ3n) is 3.31. The highest BCUT2D eigenvalue weighted by atomic mass is 16.5. The van der Waals surface area contributed by atoms with Crippen LogP contribution in [-0.4, -0.2) is 51.3 Å². The van der Waals surface area contributed by atoms with Crippen molar-refractivity contribution in [3.8, 4) is 0 Å². The van der Waals surface area contributed by atoms with E-state index in [1.54, 1.807) is 0 Å². The van der Waals surface area contributed by atoms with Crippen molar-refractivity contribution in [2.24, 2.45) is 5.92 Å². The van der Waals surface area contributed by atoms with Gasteiger partial charge in [0.25, 0.3) is 0 Å². The zero-order valence-corrected chi connectivity index (χ0v) is 10.5. The minimum absolute atomic E-state index is 0.641.